The number of rotatable bonds is 6. The van der Waals surface area contributed by atoms with Crippen LogP contribution in [0.2, 0.25) is 0 Å². The van der Waals surface area contributed by atoms with Crippen LogP contribution >= 0.6 is 0 Å². The van der Waals surface area contributed by atoms with E-state index in [0.29, 0.717) is 62.2 Å². The first-order valence-electron chi connectivity index (χ1n) is 11.0. The van der Waals surface area contributed by atoms with Crippen LogP contribution in [0.25, 0.3) is 0 Å². The Balaban J connectivity index is 1.34. The van der Waals surface area contributed by atoms with Crippen LogP contribution in [0.3, 0.4) is 0 Å². The summed E-state index contributed by atoms with van der Waals surface area (Å²) in [5.41, 5.74) is 7.25. The Hall–Kier alpha value is -2.81. The predicted octanol–water partition coefficient (Wildman–Crippen LogP) is 4.21. The van der Waals surface area contributed by atoms with Gasteiger partial charge in [0.1, 0.15) is 18.0 Å². The van der Waals surface area contributed by atoms with E-state index in [-0.39, 0.29) is 5.60 Å². The number of piperazine rings is 1. The zero-order valence-corrected chi connectivity index (χ0v) is 19.2. The molecule has 0 unspecified atom stereocenters. The van der Waals surface area contributed by atoms with Gasteiger partial charge in [0, 0.05) is 56.5 Å². The van der Waals surface area contributed by atoms with Crippen LogP contribution < -0.4 is 24.8 Å². The first-order valence-corrected chi connectivity index (χ1v) is 11.0. The quantitative estimate of drug-likeness (QED) is 0.645. The van der Waals surface area contributed by atoms with Gasteiger partial charge in [-0.15, -0.1) is 0 Å². The van der Waals surface area contributed by atoms with Crippen LogP contribution in [0.5, 0.6) is 17.2 Å². The Morgan fingerprint density at radius 2 is 1.79 bits per heavy atom. The maximum absolute atomic E-state index is 13.2. The van der Waals surface area contributed by atoms with Gasteiger partial charge < -0.3 is 24.8 Å². The summed E-state index contributed by atoms with van der Waals surface area (Å²) in [5.74, 6) is 1.86. The minimum atomic E-state index is -4.39. The van der Waals surface area contributed by atoms with Crippen LogP contribution in [0.15, 0.2) is 30.3 Å². The summed E-state index contributed by atoms with van der Waals surface area (Å²) >= 11 is 0. The molecule has 2 aromatic carbocycles. The fourth-order valence-electron chi connectivity index (χ4n) is 4.42. The molecule has 1 fully saturated rings. The van der Waals surface area contributed by atoms with E-state index < -0.39 is 11.7 Å². The number of halogens is 3. The first-order chi connectivity index (χ1) is 15.6. The van der Waals surface area contributed by atoms with Crippen LogP contribution in [0.1, 0.15) is 25.0 Å². The van der Waals surface area contributed by atoms with Crippen molar-refractivity contribution in [2.45, 2.75) is 32.0 Å². The van der Waals surface area contributed by atoms with Crippen LogP contribution in [0.4, 0.5) is 24.5 Å². The summed E-state index contributed by atoms with van der Waals surface area (Å²) in [5, 5.41) is 0. The Bertz CT molecular complexity index is 1000. The van der Waals surface area contributed by atoms with Gasteiger partial charge in [0.2, 0.25) is 0 Å². The van der Waals surface area contributed by atoms with E-state index in [4.69, 9.17) is 19.9 Å². The van der Waals surface area contributed by atoms with Crippen molar-refractivity contribution in [3.8, 4) is 17.2 Å². The van der Waals surface area contributed by atoms with Gasteiger partial charge in [0.25, 0.3) is 0 Å². The molecule has 4 rings (SSSR count). The van der Waals surface area contributed by atoms with Crippen molar-refractivity contribution in [1.82, 2.24) is 4.90 Å². The molecule has 2 N–H and O–H groups in total. The fourth-order valence-corrected chi connectivity index (χ4v) is 4.42. The average molecular weight is 466 g/mol. The minimum Gasteiger partial charge on any atom is -0.495 e. The number of benzene rings is 2. The number of hydrogen-bond donors (Lipinski definition) is 1. The average Bonchev–Trinajstić information content (AvgIpc) is 3.07. The number of methoxy groups -OCH3 is 1. The molecule has 2 aliphatic heterocycles. The van der Waals surface area contributed by atoms with Crippen molar-refractivity contribution in [1.29, 1.82) is 0 Å². The maximum Gasteiger partial charge on any atom is 0.416 e. The summed E-state index contributed by atoms with van der Waals surface area (Å²) in [7, 11) is 1.47. The largest absolute Gasteiger partial charge is 0.495 e. The van der Waals surface area contributed by atoms with Crippen molar-refractivity contribution in [3.05, 3.63) is 41.5 Å². The summed E-state index contributed by atoms with van der Waals surface area (Å²) in [6.45, 7) is 7.85. The number of fused-ring (bicyclic) bond motifs is 1. The lowest BCUT2D eigenvalue weighted by Crippen LogP contribution is -2.47. The highest BCUT2D eigenvalue weighted by Gasteiger charge is 2.34. The molecule has 2 aromatic rings. The van der Waals surface area contributed by atoms with Crippen molar-refractivity contribution < 1.29 is 27.4 Å². The number of nitrogen functional groups attached to an aromatic ring is 1. The molecule has 2 heterocycles. The van der Waals surface area contributed by atoms with Crippen molar-refractivity contribution in [2.75, 3.05) is 57.1 Å². The van der Waals surface area contributed by atoms with E-state index >= 15 is 0 Å². The fraction of sp³-hybridized carbons (Fsp3) is 0.500. The normalized spacial score (nSPS) is 18.1. The lowest BCUT2D eigenvalue weighted by atomic mass is 10.0. The van der Waals surface area contributed by atoms with E-state index in [2.05, 4.69) is 4.90 Å². The zero-order chi connectivity index (χ0) is 23.8. The molecular formula is C24H30F3N3O3. The van der Waals surface area contributed by atoms with E-state index in [1.54, 1.807) is 6.07 Å². The van der Waals surface area contributed by atoms with Crippen LogP contribution in [-0.4, -0.2) is 56.9 Å². The van der Waals surface area contributed by atoms with E-state index in [9.17, 15) is 13.2 Å². The maximum atomic E-state index is 13.2. The van der Waals surface area contributed by atoms with Crippen molar-refractivity contribution in [2.24, 2.45) is 0 Å². The predicted molar refractivity (Wildman–Crippen MR) is 121 cm³/mol. The van der Waals surface area contributed by atoms with Gasteiger partial charge >= 0.3 is 6.18 Å². The number of anilines is 2. The molecule has 2 aliphatic rings. The third kappa shape index (κ3) is 5.24. The summed E-state index contributed by atoms with van der Waals surface area (Å²) in [4.78, 5) is 4.17. The molecule has 0 amide bonds. The Morgan fingerprint density at radius 3 is 2.45 bits per heavy atom. The van der Waals surface area contributed by atoms with E-state index in [1.165, 1.54) is 19.2 Å². The topological polar surface area (TPSA) is 60.2 Å². The monoisotopic (exact) mass is 465 g/mol. The van der Waals surface area contributed by atoms with Gasteiger partial charge in [0.15, 0.2) is 11.5 Å². The molecule has 0 aromatic heterocycles. The number of ether oxygens (including phenoxy) is 3. The number of hydrogen-bond acceptors (Lipinski definition) is 6. The third-order valence-corrected chi connectivity index (χ3v) is 6.03. The zero-order valence-electron chi connectivity index (χ0n) is 19.2. The molecule has 33 heavy (non-hydrogen) atoms. The van der Waals surface area contributed by atoms with E-state index in [0.717, 1.165) is 23.8 Å². The highest BCUT2D eigenvalue weighted by atomic mass is 19.4. The Labute approximate surface area is 192 Å². The lowest BCUT2D eigenvalue weighted by Gasteiger charge is -2.36. The van der Waals surface area contributed by atoms with Gasteiger partial charge in [-0.3, -0.25) is 4.90 Å². The molecular weight excluding hydrogens is 435 g/mol. The lowest BCUT2D eigenvalue weighted by molar-refractivity contribution is -0.137. The van der Waals surface area contributed by atoms with Crippen molar-refractivity contribution >= 4 is 11.4 Å². The number of nitrogens with zero attached hydrogens (tertiary/aromatic N) is 2. The number of nitrogens with two attached hydrogens (primary N) is 1. The molecule has 0 bridgehead atoms. The van der Waals surface area contributed by atoms with Gasteiger partial charge in [-0.1, -0.05) is 0 Å². The molecule has 180 valence electrons. The van der Waals surface area contributed by atoms with E-state index in [1.807, 2.05) is 24.8 Å². The van der Waals surface area contributed by atoms with Gasteiger partial charge in [-0.25, -0.2) is 0 Å². The molecule has 0 atom stereocenters. The minimum absolute atomic E-state index is 0.283. The molecule has 1 saturated heterocycles. The standard InChI is InChI=1S/C24H30F3N3O3/c1-23(2)15-16-12-18(28)14-21(22(16)33-23)32-11-10-29-6-8-30(9-7-29)19-13-17(24(25,26)27)4-5-20(19)31-3/h4-5,12-14H,6-11,15,28H2,1-3H3. The molecule has 0 radical (unpaired) electrons. The van der Waals surface area contributed by atoms with Crippen molar-refractivity contribution in [3.63, 3.8) is 0 Å². The smallest absolute Gasteiger partial charge is 0.416 e. The van der Waals surface area contributed by atoms with Gasteiger partial charge in [-0.2, -0.15) is 13.2 Å². The summed E-state index contributed by atoms with van der Waals surface area (Å²) in [6.07, 6.45) is -3.61. The highest BCUT2D eigenvalue weighted by molar-refractivity contribution is 5.61. The first kappa shape index (κ1) is 23.4. The number of alkyl halides is 3. The van der Waals surface area contributed by atoms with Crippen LogP contribution in [0, 0.1) is 0 Å². The molecule has 6 nitrogen and oxygen atoms in total. The SMILES string of the molecule is COc1ccc(C(F)(F)F)cc1N1CCN(CCOc2cc(N)cc3c2OC(C)(C)C3)CC1. The molecule has 0 aliphatic carbocycles. The molecule has 0 spiro atoms. The second-order valence-electron chi connectivity index (χ2n) is 9.11. The second-order valence-corrected chi connectivity index (χ2v) is 9.11. The highest BCUT2D eigenvalue weighted by Crippen LogP contribution is 2.43. The van der Waals surface area contributed by atoms with Gasteiger partial charge in [0.05, 0.1) is 18.4 Å². The Morgan fingerprint density at radius 1 is 1.06 bits per heavy atom. The molecule has 9 heteroatoms. The van der Waals surface area contributed by atoms with Gasteiger partial charge in [-0.05, 0) is 38.1 Å². The Kier molecular flexibility index (Phi) is 6.26. The molecule has 0 saturated carbocycles. The summed E-state index contributed by atoms with van der Waals surface area (Å²) in [6, 6.07) is 7.31. The van der Waals surface area contributed by atoms with Crippen LogP contribution in [-0.2, 0) is 12.6 Å². The second kappa shape index (κ2) is 8.85. The summed E-state index contributed by atoms with van der Waals surface area (Å²) < 4.78 is 56.9. The third-order valence-electron chi connectivity index (χ3n) is 6.03.